The van der Waals surface area contributed by atoms with Crippen LogP contribution in [0.4, 0.5) is 15.9 Å². The van der Waals surface area contributed by atoms with Gasteiger partial charge in [0, 0.05) is 18.8 Å². The second-order valence-corrected chi connectivity index (χ2v) is 6.54. The Hall–Kier alpha value is -1.95. The number of alkyl halides is 1. The summed E-state index contributed by atoms with van der Waals surface area (Å²) < 4.78 is 13.4. The second-order valence-electron chi connectivity index (χ2n) is 6.54. The number of pyridine rings is 2. The van der Waals surface area contributed by atoms with Crippen LogP contribution in [0.5, 0.6) is 0 Å². The number of aromatic nitrogens is 2. The molecule has 1 saturated carbocycles. The van der Waals surface area contributed by atoms with Gasteiger partial charge in [-0.3, -0.25) is 4.98 Å². The lowest BCUT2D eigenvalue weighted by atomic mass is 10.2. The van der Waals surface area contributed by atoms with E-state index in [0.717, 1.165) is 41.8 Å². The minimum absolute atomic E-state index is 0.213. The largest absolute Gasteiger partial charge is 0.393 e. The molecule has 1 saturated heterocycles. The lowest BCUT2D eigenvalue weighted by Crippen LogP contribution is -2.21. The highest BCUT2D eigenvalue weighted by atomic mass is 19.1. The zero-order valence-electron chi connectivity index (χ0n) is 13.0. The van der Waals surface area contributed by atoms with Crippen molar-refractivity contribution in [2.75, 3.05) is 23.3 Å². The molecule has 2 aliphatic rings. The fourth-order valence-electron chi connectivity index (χ4n) is 3.54. The van der Waals surface area contributed by atoms with Crippen LogP contribution in [0.2, 0.25) is 0 Å². The maximum absolute atomic E-state index is 13.4. The highest BCUT2D eigenvalue weighted by molar-refractivity contribution is 5.88. The number of rotatable bonds is 3. The Morgan fingerprint density at radius 1 is 1.22 bits per heavy atom. The van der Waals surface area contributed by atoms with Crippen LogP contribution in [0, 0.1) is 0 Å². The van der Waals surface area contributed by atoms with E-state index >= 15 is 0 Å². The molecule has 2 aromatic rings. The molecule has 2 fully saturated rings. The summed E-state index contributed by atoms with van der Waals surface area (Å²) in [5, 5.41) is 13.2. The summed E-state index contributed by atoms with van der Waals surface area (Å²) in [6.07, 6.45) is 3.92. The zero-order chi connectivity index (χ0) is 15.8. The van der Waals surface area contributed by atoms with Crippen molar-refractivity contribution in [3.8, 4) is 0 Å². The van der Waals surface area contributed by atoms with Crippen LogP contribution < -0.4 is 10.2 Å². The molecule has 0 bridgehead atoms. The van der Waals surface area contributed by atoms with E-state index in [1.54, 1.807) is 6.20 Å². The van der Waals surface area contributed by atoms with Gasteiger partial charge in [0.15, 0.2) is 0 Å². The van der Waals surface area contributed by atoms with Crippen LogP contribution in [0.15, 0.2) is 24.4 Å². The number of halogens is 1. The standard InChI is InChI=1S/C17H21FN4O/c18-11-6-8-22(10-11)16-4-3-14-17(21-16)15(5-7-19-14)20-12-1-2-13(23)9-12/h3-5,7,11-13,23H,1-2,6,8-10H2,(H,19,20)/t11-,12?,13?/m0/s1. The Morgan fingerprint density at radius 3 is 2.87 bits per heavy atom. The maximum atomic E-state index is 13.4. The molecule has 23 heavy (non-hydrogen) atoms. The molecule has 5 nitrogen and oxygen atoms in total. The first-order chi connectivity index (χ1) is 11.2. The van der Waals surface area contributed by atoms with Crippen molar-refractivity contribution in [2.24, 2.45) is 0 Å². The molecule has 3 atom stereocenters. The Bertz CT molecular complexity index is 710. The molecule has 0 aromatic carbocycles. The summed E-state index contributed by atoms with van der Waals surface area (Å²) in [6, 6.07) is 6.04. The molecule has 2 unspecified atom stereocenters. The van der Waals surface area contributed by atoms with Crippen molar-refractivity contribution >= 4 is 22.5 Å². The van der Waals surface area contributed by atoms with Gasteiger partial charge in [-0.2, -0.15) is 0 Å². The number of fused-ring (bicyclic) bond motifs is 1. The van der Waals surface area contributed by atoms with E-state index in [4.69, 9.17) is 4.98 Å². The van der Waals surface area contributed by atoms with E-state index in [1.807, 2.05) is 23.1 Å². The minimum Gasteiger partial charge on any atom is -0.393 e. The van der Waals surface area contributed by atoms with E-state index < -0.39 is 6.17 Å². The maximum Gasteiger partial charge on any atom is 0.129 e. The summed E-state index contributed by atoms with van der Waals surface area (Å²) in [6.45, 7) is 1.12. The summed E-state index contributed by atoms with van der Waals surface area (Å²) >= 11 is 0. The van der Waals surface area contributed by atoms with Crippen molar-refractivity contribution in [1.82, 2.24) is 9.97 Å². The predicted molar refractivity (Wildman–Crippen MR) is 88.5 cm³/mol. The SMILES string of the molecule is OC1CCC(Nc2ccnc3ccc(N4CC[C@H](F)C4)nc23)C1. The van der Waals surface area contributed by atoms with Gasteiger partial charge in [-0.15, -0.1) is 0 Å². The normalized spacial score (nSPS) is 27.7. The molecule has 1 aliphatic heterocycles. The topological polar surface area (TPSA) is 61.3 Å². The van der Waals surface area contributed by atoms with Gasteiger partial charge in [-0.1, -0.05) is 0 Å². The first kappa shape index (κ1) is 14.6. The van der Waals surface area contributed by atoms with Gasteiger partial charge in [-0.25, -0.2) is 9.37 Å². The molecule has 0 radical (unpaired) electrons. The molecule has 6 heteroatoms. The average molecular weight is 316 g/mol. The van der Waals surface area contributed by atoms with Crippen molar-refractivity contribution < 1.29 is 9.50 Å². The van der Waals surface area contributed by atoms with E-state index in [0.29, 0.717) is 19.5 Å². The average Bonchev–Trinajstić information content (AvgIpc) is 3.16. The van der Waals surface area contributed by atoms with Crippen molar-refractivity contribution in [3.63, 3.8) is 0 Å². The molecule has 122 valence electrons. The minimum atomic E-state index is -0.765. The third kappa shape index (κ3) is 2.95. The molecular weight excluding hydrogens is 295 g/mol. The quantitative estimate of drug-likeness (QED) is 0.911. The van der Waals surface area contributed by atoms with Gasteiger partial charge in [0.05, 0.1) is 23.9 Å². The number of anilines is 2. The monoisotopic (exact) mass is 316 g/mol. The Labute approximate surface area is 134 Å². The summed E-state index contributed by atoms with van der Waals surface area (Å²) in [5.74, 6) is 0.806. The Kier molecular flexibility index (Phi) is 3.77. The number of nitrogens with one attached hydrogen (secondary N) is 1. The van der Waals surface area contributed by atoms with E-state index in [9.17, 15) is 9.50 Å². The Morgan fingerprint density at radius 2 is 2.13 bits per heavy atom. The van der Waals surface area contributed by atoms with E-state index in [1.165, 1.54) is 0 Å². The first-order valence-corrected chi connectivity index (χ1v) is 8.28. The van der Waals surface area contributed by atoms with E-state index in [-0.39, 0.29) is 12.1 Å². The lowest BCUT2D eigenvalue weighted by Gasteiger charge is -2.19. The molecule has 1 aliphatic carbocycles. The fraction of sp³-hybridized carbons (Fsp3) is 0.529. The third-order valence-corrected chi connectivity index (χ3v) is 4.79. The summed E-state index contributed by atoms with van der Waals surface area (Å²) in [7, 11) is 0. The number of nitrogens with zero attached hydrogens (tertiary/aromatic N) is 3. The molecule has 4 rings (SSSR count). The molecule has 2 N–H and O–H groups in total. The molecule has 3 heterocycles. The van der Waals surface area contributed by atoms with Crippen LogP contribution in [0.25, 0.3) is 11.0 Å². The zero-order valence-corrected chi connectivity index (χ0v) is 13.0. The number of aliphatic hydroxyl groups excluding tert-OH is 1. The predicted octanol–water partition coefficient (Wildman–Crippen LogP) is 2.50. The van der Waals surface area contributed by atoms with Crippen LogP contribution in [-0.2, 0) is 0 Å². The third-order valence-electron chi connectivity index (χ3n) is 4.79. The fourth-order valence-corrected chi connectivity index (χ4v) is 3.54. The summed E-state index contributed by atoms with van der Waals surface area (Å²) in [5.41, 5.74) is 2.58. The van der Waals surface area contributed by atoms with Gasteiger partial charge in [0.2, 0.25) is 0 Å². The molecule has 0 spiro atoms. The first-order valence-electron chi connectivity index (χ1n) is 8.28. The van der Waals surface area contributed by atoms with Gasteiger partial charge >= 0.3 is 0 Å². The second kappa shape index (κ2) is 5.92. The van der Waals surface area contributed by atoms with Gasteiger partial charge in [0.25, 0.3) is 0 Å². The van der Waals surface area contributed by atoms with Crippen molar-refractivity contribution in [2.45, 2.75) is 44.0 Å². The lowest BCUT2D eigenvalue weighted by molar-refractivity contribution is 0.182. The smallest absolute Gasteiger partial charge is 0.129 e. The van der Waals surface area contributed by atoms with Crippen molar-refractivity contribution in [3.05, 3.63) is 24.4 Å². The van der Waals surface area contributed by atoms with Crippen LogP contribution in [0.3, 0.4) is 0 Å². The number of hydrogen-bond donors (Lipinski definition) is 2. The highest BCUT2D eigenvalue weighted by Crippen LogP contribution is 2.28. The molecule has 0 amide bonds. The number of aliphatic hydroxyl groups is 1. The highest BCUT2D eigenvalue weighted by Gasteiger charge is 2.25. The van der Waals surface area contributed by atoms with Gasteiger partial charge in [-0.05, 0) is 43.9 Å². The van der Waals surface area contributed by atoms with E-state index in [2.05, 4.69) is 10.3 Å². The van der Waals surface area contributed by atoms with Gasteiger partial charge in [0.1, 0.15) is 17.5 Å². The van der Waals surface area contributed by atoms with Gasteiger partial charge < -0.3 is 15.3 Å². The van der Waals surface area contributed by atoms with Crippen LogP contribution in [-0.4, -0.2) is 46.5 Å². The molecule has 2 aromatic heterocycles. The van der Waals surface area contributed by atoms with Crippen LogP contribution in [0.1, 0.15) is 25.7 Å². The van der Waals surface area contributed by atoms with Crippen LogP contribution >= 0.6 is 0 Å². The molecular formula is C17H21FN4O. The number of hydrogen-bond acceptors (Lipinski definition) is 5. The Balaban J connectivity index is 1.64. The van der Waals surface area contributed by atoms with Crippen molar-refractivity contribution in [1.29, 1.82) is 0 Å². The summed E-state index contributed by atoms with van der Waals surface area (Å²) in [4.78, 5) is 11.1.